The van der Waals surface area contributed by atoms with Gasteiger partial charge in [0, 0.05) is 0 Å². The summed E-state index contributed by atoms with van der Waals surface area (Å²) in [6, 6.07) is 3.73. The molecule has 0 aliphatic heterocycles. The van der Waals surface area contributed by atoms with Crippen molar-refractivity contribution in [1.29, 1.82) is 0 Å². The molecule has 2 aliphatic rings. The Hall–Kier alpha value is -1.02. The third-order valence-corrected chi connectivity index (χ3v) is 7.51. The van der Waals surface area contributed by atoms with Gasteiger partial charge in [0.15, 0.2) is 11.6 Å². The van der Waals surface area contributed by atoms with E-state index in [9.17, 15) is 4.39 Å². The Morgan fingerprint density at radius 2 is 1.68 bits per heavy atom. The summed E-state index contributed by atoms with van der Waals surface area (Å²) in [6.07, 6.45) is 17.6. The minimum atomic E-state index is -0.389. The van der Waals surface area contributed by atoms with Gasteiger partial charge in [-0.15, -0.1) is 0 Å². The summed E-state index contributed by atoms with van der Waals surface area (Å²) < 4.78 is 19.8. The maximum absolute atomic E-state index is 14.5. The number of hydrogen-bond donors (Lipinski definition) is 0. The standard InChI is InChI=1S/C25H36ClFO/c1-3-5-6-7-18-8-10-19(11-9-18)20-12-14-21(15-13-20)22-16-17-23(28-4-2)25(27)24(22)26/h3,5,16-21H,4,6-15H2,1-2H3. The van der Waals surface area contributed by atoms with Gasteiger partial charge in [0.1, 0.15) is 0 Å². The van der Waals surface area contributed by atoms with Crippen LogP contribution in [0.5, 0.6) is 5.75 Å². The lowest BCUT2D eigenvalue weighted by Gasteiger charge is -2.38. The minimum Gasteiger partial charge on any atom is -0.491 e. The van der Waals surface area contributed by atoms with Gasteiger partial charge < -0.3 is 4.74 Å². The van der Waals surface area contributed by atoms with Crippen molar-refractivity contribution in [3.63, 3.8) is 0 Å². The van der Waals surface area contributed by atoms with Crippen molar-refractivity contribution in [2.75, 3.05) is 6.61 Å². The Labute approximate surface area is 175 Å². The van der Waals surface area contributed by atoms with Crippen molar-refractivity contribution in [1.82, 2.24) is 0 Å². The van der Waals surface area contributed by atoms with Gasteiger partial charge in [0.05, 0.1) is 11.6 Å². The van der Waals surface area contributed by atoms with Crippen LogP contribution in [0.2, 0.25) is 5.02 Å². The molecule has 0 saturated heterocycles. The van der Waals surface area contributed by atoms with Crippen molar-refractivity contribution < 1.29 is 9.13 Å². The molecule has 156 valence electrons. The number of benzene rings is 1. The SMILES string of the molecule is CC=CCCC1CCC(C2CCC(c3ccc(OCC)c(F)c3Cl)CC2)CC1. The Kier molecular flexibility index (Phi) is 8.26. The molecule has 3 rings (SSSR count). The van der Waals surface area contributed by atoms with Crippen molar-refractivity contribution in [3.8, 4) is 5.75 Å². The lowest BCUT2D eigenvalue weighted by Crippen LogP contribution is -2.25. The molecule has 3 heteroatoms. The van der Waals surface area contributed by atoms with E-state index < -0.39 is 0 Å². The third kappa shape index (κ3) is 5.32. The Morgan fingerprint density at radius 1 is 1.04 bits per heavy atom. The summed E-state index contributed by atoms with van der Waals surface area (Å²) in [5, 5.41) is 0.274. The first-order chi connectivity index (χ1) is 13.6. The molecule has 0 bridgehead atoms. The zero-order chi connectivity index (χ0) is 19.9. The number of halogens is 2. The Balaban J connectivity index is 1.49. The molecule has 1 aromatic carbocycles. The van der Waals surface area contributed by atoms with Crippen molar-refractivity contribution in [2.45, 2.75) is 84.0 Å². The van der Waals surface area contributed by atoms with Crippen LogP contribution in [-0.4, -0.2) is 6.61 Å². The smallest absolute Gasteiger partial charge is 0.183 e. The topological polar surface area (TPSA) is 9.23 Å². The zero-order valence-corrected chi connectivity index (χ0v) is 18.3. The summed E-state index contributed by atoms with van der Waals surface area (Å²) in [4.78, 5) is 0. The van der Waals surface area contributed by atoms with E-state index in [4.69, 9.17) is 16.3 Å². The molecule has 0 radical (unpaired) electrons. The van der Waals surface area contributed by atoms with Gasteiger partial charge in [-0.2, -0.15) is 0 Å². The van der Waals surface area contributed by atoms with E-state index in [0.717, 1.165) is 36.2 Å². The van der Waals surface area contributed by atoms with Gasteiger partial charge >= 0.3 is 0 Å². The molecule has 0 heterocycles. The predicted molar refractivity (Wildman–Crippen MR) is 117 cm³/mol. The van der Waals surface area contributed by atoms with E-state index in [1.165, 1.54) is 51.4 Å². The molecule has 0 aromatic heterocycles. The molecule has 2 saturated carbocycles. The highest BCUT2D eigenvalue weighted by Gasteiger charge is 2.32. The fourth-order valence-electron chi connectivity index (χ4n) is 5.48. The third-order valence-electron chi connectivity index (χ3n) is 7.12. The average molecular weight is 407 g/mol. The van der Waals surface area contributed by atoms with Crippen LogP contribution in [0, 0.1) is 23.6 Å². The quantitative estimate of drug-likeness (QED) is 0.413. The molecule has 2 aliphatic carbocycles. The van der Waals surface area contributed by atoms with Gasteiger partial charge in [-0.05, 0) is 101 Å². The molecule has 0 N–H and O–H groups in total. The highest BCUT2D eigenvalue weighted by molar-refractivity contribution is 6.31. The highest BCUT2D eigenvalue weighted by atomic mass is 35.5. The maximum atomic E-state index is 14.5. The first kappa shape index (κ1) is 21.7. The van der Waals surface area contributed by atoms with Crippen LogP contribution < -0.4 is 4.74 Å². The maximum Gasteiger partial charge on any atom is 0.183 e. The molecule has 28 heavy (non-hydrogen) atoms. The first-order valence-electron chi connectivity index (χ1n) is 11.4. The van der Waals surface area contributed by atoms with Crippen LogP contribution >= 0.6 is 11.6 Å². The van der Waals surface area contributed by atoms with Crippen molar-refractivity contribution in [3.05, 3.63) is 40.7 Å². The van der Waals surface area contributed by atoms with Crippen molar-refractivity contribution >= 4 is 11.6 Å². The fraction of sp³-hybridized carbons (Fsp3) is 0.680. The van der Waals surface area contributed by atoms with E-state index in [1.54, 1.807) is 6.07 Å². The van der Waals surface area contributed by atoms with Crippen molar-refractivity contribution in [2.24, 2.45) is 17.8 Å². The number of rotatable bonds is 7. The summed E-state index contributed by atoms with van der Waals surface area (Å²) >= 11 is 6.36. The highest BCUT2D eigenvalue weighted by Crippen LogP contribution is 2.46. The van der Waals surface area contributed by atoms with Crippen LogP contribution in [-0.2, 0) is 0 Å². The van der Waals surface area contributed by atoms with E-state index in [0.29, 0.717) is 12.5 Å². The van der Waals surface area contributed by atoms with E-state index >= 15 is 0 Å². The summed E-state index contributed by atoms with van der Waals surface area (Å²) in [5.41, 5.74) is 0.980. The summed E-state index contributed by atoms with van der Waals surface area (Å²) in [5.74, 6) is 2.99. The van der Waals surface area contributed by atoms with Gasteiger partial charge in [-0.1, -0.05) is 42.7 Å². The number of hydrogen-bond acceptors (Lipinski definition) is 1. The first-order valence-corrected chi connectivity index (χ1v) is 11.7. The minimum absolute atomic E-state index is 0.274. The molecule has 0 atom stereocenters. The predicted octanol–water partition coefficient (Wildman–Crippen LogP) is 8.31. The van der Waals surface area contributed by atoms with E-state index in [-0.39, 0.29) is 16.6 Å². The second kappa shape index (κ2) is 10.7. The van der Waals surface area contributed by atoms with Crippen LogP contribution in [0.25, 0.3) is 0 Å². The van der Waals surface area contributed by atoms with Crippen LogP contribution in [0.4, 0.5) is 4.39 Å². The van der Waals surface area contributed by atoms with Gasteiger partial charge in [0.2, 0.25) is 0 Å². The van der Waals surface area contributed by atoms with E-state index in [2.05, 4.69) is 19.1 Å². The van der Waals surface area contributed by atoms with Crippen LogP contribution in [0.3, 0.4) is 0 Å². The summed E-state index contributed by atoms with van der Waals surface area (Å²) in [6.45, 7) is 4.43. The van der Waals surface area contributed by atoms with Gasteiger partial charge in [-0.25, -0.2) is 4.39 Å². The fourth-order valence-corrected chi connectivity index (χ4v) is 5.79. The second-order valence-corrected chi connectivity index (χ2v) is 9.13. The van der Waals surface area contributed by atoms with Crippen LogP contribution in [0.15, 0.2) is 24.3 Å². The van der Waals surface area contributed by atoms with Crippen LogP contribution in [0.1, 0.15) is 89.5 Å². The molecule has 0 amide bonds. The molecule has 0 spiro atoms. The largest absolute Gasteiger partial charge is 0.491 e. The molecule has 2 fully saturated rings. The molecular weight excluding hydrogens is 371 g/mol. The molecule has 0 unspecified atom stereocenters. The second-order valence-electron chi connectivity index (χ2n) is 8.75. The van der Waals surface area contributed by atoms with Gasteiger partial charge in [-0.3, -0.25) is 0 Å². The normalized spacial score (nSPS) is 28.6. The van der Waals surface area contributed by atoms with E-state index in [1.807, 2.05) is 13.0 Å². The average Bonchev–Trinajstić information content (AvgIpc) is 2.73. The summed E-state index contributed by atoms with van der Waals surface area (Å²) in [7, 11) is 0. The monoisotopic (exact) mass is 406 g/mol. The van der Waals surface area contributed by atoms with Gasteiger partial charge in [0.25, 0.3) is 0 Å². The molecular formula is C25H36ClFO. The lowest BCUT2D eigenvalue weighted by atomic mass is 9.68. The lowest BCUT2D eigenvalue weighted by molar-refractivity contribution is 0.157. The Morgan fingerprint density at radius 3 is 2.29 bits per heavy atom. The molecule has 1 aromatic rings. The zero-order valence-electron chi connectivity index (χ0n) is 17.6. The Bertz CT molecular complexity index is 640. The number of ether oxygens (including phenoxy) is 1. The molecule has 1 nitrogen and oxygen atoms in total. The number of allylic oxidation sites excluding steroid dienone is 2.